The van der Waals surface area contributed by atoms with Gasteiger partial charge in [-0.05, 0) is 31.5 Å². The maximum Gasteiger partial charge on any atom is 0.127 e. The quantitative estimate of drug-likeness (QED) is 0.613. The van der Waals surface area contributed by atoms with Crippen molar-refractivity contribution in [3.63, 3.8) is 0 Å². The summed E-state index contributed by atoms with van der Waals surface area (Å²) in [6, 6.07) is 5.73. The first-order valence-corrected chi connectivity index (χ1v) is 6.73. The predicted octanol–water partition coefficient (Wildman–Crippen LogP) is 4.03. The van der Waals surface area contributed by atoms with E-state index in [1.165, 1.54) is 0 Å². The van der Waals surface area contributed by atoms with Gasteiger partial charge in [-0.1, -0.05) is 11.6 Å². The molecule has 0 aliphatic heterocycles. The molecule has 98 valence electrons. The number of imidazole rings is 1. The molecule has 18 heavy (non-hydrogen) atoms. The van der Waals surface area contributed by atoms with Gasteiger partial charge in [0.1, 0.15) is 5.82 Å². The van der Waals surface area contributed by atoms with Crippen LogP contribution < -0.4 is 0 Å². The Morgan fingerprint density at radius 1 is 1.44 bits per heavy atom. The van der Waals surface area contributed by atoms with Crippen molar-refractivity contribution < 1.29 is 4.74 Å². The first kappa shape index (κ1) is 13.7. The van der Waals surface area contributed by atoms with Crippen molar-refractivity contribution >= 4 is 34.2 Å². The summed E-state index contributed by atoms with van der Waals surface area (Å²) in [5.74, 6) is 0.880. The molecule has 1 aromatic heterocycles. The lowest BCUT2D eigenvalue weighted by atomic mass is 10.3. The molecule has 1 heterocycles. The molecule has 0 saturated carbocycles. The minimum Gasteiger partial charge on any atom is -0.385 e. The first-order valence-electron chi connectivity index (χ1n) is 5.92. The molecule has 1 atom stereocenters. The highest BCUT2D eigenvalue weighted by Crippen LogP contribution is 2.26. The lowest BCUT2D eigenvalue weighted by molar-refractivity contribution is 0.190. The van der Waals surface area contributed by atoms with Gasteiger partial charge in [0.15, 0.2) is 0 Å². The number of halogens is 2. The van der Waals surface area contributed by atoms with Crippen LogP contribution >= 0.6 is 23.2 Å². The topological polar surface area (TPSA) is 27.1 Å². The average Bonchev–Trinajstić information content (AvgIpc) is 2.68. The summed E-state index contributed by atoms with van der Waals surface area (Å²) in [5.41, 5.74) is 1.96. The van der Waals surface area contributed by atoms with Gasteiger partial charge in [-0.2, -0.15) is 0 Å². The van der Waals surface area contributed by atoms with Crippen LogP contribution in [0.1, 0.15) is 24.5 Å². The Morgan fingerprint density at radius 3 is 2.89 bits per heavy atom. The van der Waals surface area contributed by atoms with Gasteiger partial charge in [0, 0.05) is 25.3 Å². The van der Waals surface area contributed by atoms with Crippen molar-refractivity contribution in [1.29, 1.82) is 0 Å². The maximum absolute atomic E-state index is 6.18. The van der Waals surface area contributed by atoms with Crippen LogP contribution in [-0.4, -0.2) is 23.3 Å². The van der Waals surface area contributed by atoms with E-state index < -0.39 is 0 Å². The fourth-order valence-corrected chi connectivity index (χ4v) is 2.36. The third kappa shape index (κ3) is 2.79. The van der Waals surface area contributed by atoms with Gasteiger partial charge in [-0.25, -0.2) is 4.98 Å². The third-order valence-corrected chi connectivity index (χ3v) is 3.26. The zero-order chi connectivity index (χ0) is 13.1. The molecule has 3 nitrogen and oxygen atoms in total. The standard InChI is InChI=1S/C13H16Cl2N2O/c1-9(14)13-16-11-8-10(15)4-5-12(11)17(13)6-3-7-18-2/h4-5,8-9H,3,6-7H2,1-2H3. The van der Waals surface area contributed by atoms with E-state index in [2.05, 4.69) is 9.55 Å². The zero-order valence-electron chi connectivity index (χ0n) is 10.5. The van der Waals surface area contributed by atoms with Gasteiger partial charge in [-0.3, -0.25) is 0 Å². The highest BCUT2D eigenvalue weighted by molar-refractivity contribution is 6.31. The molecule has 0 aliphatic carbocycles. The number of rotatable bonds is 5. The van der Waals surface area contributed by atoms with E-state index in [9.17, 15) is 0 Å². The van der Waals surface area contributed by atoms with Crippen molar-refractivity contribution in [3.05, 3.63) is 29.0 Å². The van der Waals surface area contributed by atoms with Crippen molar-refractivity contribution in [2.24, 2.45) is 0 Å². The third-order valence-electron chi connectivity index (χ3n) is 2.83. The van der Waals surface area contributed by atoms with Crippen LogP contribution in [0.3, 0.4) is 0 Å². The second-order valence-corrected chi connectivity index (χ2v) is 5.31. The van der Waals surface area contributed by atoms with Crippen LogP contribution in [0.15, 0.2) is 18.2 Å². The first-order chi connectivity index (χ1) is 8.63. The molecule has 0 N–H and O–H groups in total. The lowest BCUT2D eigenvalue weighted by Crippen LogP contribution is -2.06. The number of aromatic nitrogens is 2. The SMILES string of the molecule is COCCCn1c(C(C)Cl)nc2cc(Cl)ccc21. The smallest absolute Gasteiger partial charge is 0.127 e. The highest BCUT2D eigenvalue weighted by atomic mass is 35.5. The molecule has 5 heteroatoms. The molecule has 0 fully saturated rings. The van der Waals surface area contributed by atoms with Gasteiger partial charge < -0.3 is 9.30 Å². The van der Waals surface area contributed by atoms with Crippen LogP contribution in [0, 0.1) is 0 Å². The molecule has 0 spiro atoms. The number of aryl methyl sites for hydroxylation is 1. The van der Waals surface area contributed by atoms with Crippen LogP contribution in [0.5, 0.6) is 0 Å². The monoisotopic (exact) mass is 286 g/mol. The van der Waals surface area contributed by atoms with Crippen molar-refractivity contribution in [1.82, 2.24) is 9.55 Å². The van der Waals surface area contributed by atoms with Crippen LogP contribution in [0.25, 0.3) is 11.0 Å². The second-order valence-electron chi connectivity index (χ2n) is 4.22. The van der Waals surface area contributed by atoms with Crippen molar-refractivity contribution in [2.75, 3.05) is 13.7 Å². The van der Waals surface area contributed by atoms with E-state index in [1.54, 1.807) is 7.11 Å². The Hall–Kier alpha value is -0.770. The normalized spacial score (nSPS) is 13.1. The molecule has 0 aliphatic rings. The minimum atomic E-state index is -0.126. The predicted molar refractivity (Wildman–Crippen MR) is 75.5 cm³/mol. The Morgan fingerprint density at radius 2 is 2.22 bits per heavy atom. The highest BCUT2D eigenvalue weighted by Gasteiger charge is 2.14. The minimum absolute atomic E-state index is 0.126. The summed E-state index contributed by atoms with van der Waals surface area (Å²) in [5, 5.41) is 0.566. The van der Waals surface area contributed by atoms with Gasteiger partial charge in [0.05, 0.1) is 16.4 Å². The Bertz CT molecular complexity index is 537. The average molecular weight is 287 g/mol. The van der Waals surface area contributed by atoms with E-state index in [4.69, 9.17) is 27.9 Å². The number of fused-ring (bicyclic) bond motifs is 1. The molecule has 2 aromatic rings. The van der Waals surface area contributed by atoms with Gasteiger partial charge >= 0.3 is 0 Å². The number of methoxy groups -OCH3 is 1. The number of hydrogen-bond donors (Lipinski definition) is 0. The fourth-order valence-electron chi connectivity index (χ4n) is 2.03. The number of nitrogens with zero attached hydrogens (tertiary/aromatic N) is 2. The van der Waals surface area contributed by atoms with E-state index in [0.717, 1.165) is 36.4 Å². The summed E-state index contributed by atoms with van der Waals surface area (Å²) < 4.78 is 7.23. The number of alkyl halides is 1. The molecule has 0 radical (unpaired) electrons. The van der Waals surface area contributed by atoms with E-state index in [0.29, 0.717) is 5.02 Å². The maximum atomic E-state index is 6.18. The Labute approximate surface area is 117 Å². The molecule has 0 amide bonds. The molecular weight excluding hydrogens is 271 g/mol. The number of hydrogen-bond acceptors (Lipinski definition) is 2. The van der Waals surface area contributed by atoms with Crippen LogP contribution in [-0.2, 0) is 11.3 Å². The molecule has 1 aromatic carbocycles. The number of ether oxygens (including phenoxy) is 1. The largest absolute Gasteiger partial charge is 0.385 e. The molecule has 1 unspecified atom stereocenters. The zero-order valence-corrected chi connectivity index (χ0v) is 12.0. The van der Waals surface area contributed by atoms with E-state index in [-0.39, 0.29) is 5.38 Å². The number of benzene rings is 1. The lowest BCUT2D eigenvalue weighted by Gasteiger charge is -2.10. The van der Waals surface area contributed by atoms with Crippen molar-refractivity contribution in [2.45, 2.75) is 25.3 Å². The Kier molecular flexibility index (Phi) is 4.49. The molecule has 0 bridgehead atoms. The van der Waals surface area contributed by atoms with E-state index in [1.807, 2.05) is 25.1 Å². The van der Waals surface area contributed by atoms with Gasteiger partial charge in [0.2, 0.25) is 0 Å². The summed E-state index contributed by atoms with van der Waals surface area (Å²) in [7, 11) is 1.71. The molecule has 0 saturated heterocycles. The fraction of sp³-hybridized carbons (Fsp3) is 0.462. The molecular formula is C13H16Cl2N2O. The van der Waals surface area contributed by atoms with Gasteiger partial charge in [0.25, 0.3) is 0 Å². The van der Waals surface area contributed by atoms with Crippen LogP contribution in [0.2, 0.25) is 5.02 Å². The van der Waals surface area contributed by atoms with Gasteiger partial charge in [-0.15, -0.1) is 11.6 Å². The summed E-state index contributed by atoms with van der Waals surface area (Å²) in [6.07, 6.45) is 0.932. The summed E-state index contributed by atoms with van der Waals surface area (Å²) >= 11 is 12.2. The summed E-state index contributed by atoms with van der Waals surface area (Å²) in [4.78, 5) is 4.56. The van der Waals surface area contributed by atoms with E-state index >= 15 is 0 Å². The molecule has 2 rings (SSSR count). The van der Waals surface area contributed by atoms with Crippen LogP contribution in [0.4, 0.5) is 0 Å². The second kappa shape index (κ2) is 5.91. The summed E-state index contributed by atoms with van der Waals surface area (Å²) in [6.45, 7) is 3.50. The Balaban J connectivity index is 2.42. The van der Waals surface area contributed by atoms with Crippen molar-refractivity contribution in [3.8, 4) is 0 Å².